The van der Waals surface area contributed by atoms with Gasteiger partial charge >= 0.3 is 0 Å². The van der Waals surface area contributed by atoms with Gasteiger partial charge in [-0.3, -0.25) is 0 Å². The number of aryl methyl sites for hydroxylation is 1. The van der Waals surface area contributed by atoms with E-state index in [1.54, 1.807) is 7.11 Å². The Hall–Kier alpha value is -1.61. The maximum Gasteiger partial charge on any atom is 0.118 e. The van der Waals surface area contributed by atoms with Gasteiger partial charge in [0.1, 0.15) is 5.75 Å². The predicted molar refractivity (Wildman–Crippen MR) is 78.1 cm³/mol. The first kappa shape index (κ1) is 12.8. The van der Waals surface area contributed by atoms with Crippen molar-refractivity contribution in [2.75, 3.05) is 12.8 Å². The van der Waals surface area contributed by atoms with E-state index in [2.05, 4.69) is 25.1 Å². The Kier molecular flexibility index (Phi) is 4.15. The average molecular weight is 259 g/mol. The van der Waals surface area contributed by atoms with Crippen molar-refractivity contribution in [1.82, 2.24) is 0 Å². The van der Waals surface area contributed by atoms with Gasteiger partial charge in [-0.15, -0.1) is 11.8 Å². The van der Waals surface area contributed by atoms with Crippen molar-refractivity contribution in [3.8, 4) is 5.75 Å². The zero-order valence-corrected chi connectivity index (χ0v) is 11.5. The predicted octanol–water partition coefficient (Wildman–Crippen LogP) is 3.88. The molecule has 0 radical (unpaired) electrons. The minimum absolute atomic E-state index is 0.821. The maximum absolute atomic E-state index is 5.74. The molecule has 94 valence electrons. The van der Waals surface area contributed by atoms with Crippen LogP contribution in [-0.2, 0) is 5.75 Å². The molecule has 0 unspecified atom stereocenters. The summed E-state index contributed by atoms with van der Waals surface area (Å²) in [5.41, 5.74) is 9.08. The molecule has 0 fully saturated rings. The third kappa shape index (κ3) is 3.20. The van der Waals surface area contributed by atoms with Crippen LogP contribution in [0.5, 0.6) is 5.75 Å². The molecule has 0 aromatic heterocycles. The van der Waals surface area contributed by atoms with Gasteiger partial charge in [0.15, 0.2) is 0 Å². The standard InChI is InChI=1S/C15H17NOS/c1-11-9-13(16)5-8-15(11)18-10-12-3-6-14(17-2)7-4-12/h3-9H,10,16H2,1-2H3. The van der Waals surface area contributed by atoms with Gasteiger partial charge in [-0.25, -0.2) is 0 Å². The molecule has 0 aliphatic heterocycles. The first-order valence-corrected chi connectivity index (χ1v) is 6.79. The zero-order chi connectivity index (χ0) is 13.0. The van der Waals surface area contributed by atoms with Crippen LogP contribution in [0.1, 0.15) is 11.1 Å². The number of thioether (sulfide) groups is 1. The number of rotatable bonds is 4. The summed E-state index contributed by atoms with van der Waals surface area (Å²) in [5, 5.41) is 0. The molecule has 0 heterocycles. The lowest BCUT2D eigenvalue weighted by molar-refractivity contribution is 0.414. The molecular formula is C15H17NOS. The highest BCUT2D eigenvalue weighted by molar-refractivity contribution is 7.98. The first-order valence-electron chi connectivity index (χ1n) is 5.81. The van der Waals surface area contributed by atoms with E-state index >= 15 is 0 Å². The summed E-state index contributed by atoms with van der Waals surface area (Å²) in [5.74, 6) is 1.85. The monoisotopic (exact) mass is 259 g/mol. The van der Waals surface area contributed by atoms with Crippen LogP contribution in [0.3, 0.4) is 0 Å². The van der Waals surface area contributed by atoms with E-state index in [4.69, 9.17) is 10.5 Å². The molecule has 0 aliphatic carbocycles. The first-order chi connectivity index (χ1) is 8.69. The molecule has 2 aromatic carbocycles. The molecule has 0 spiro atoms. The summed E-state index contributed by atoms with van der Waals surface area (Å²) in [6.45, 7) is 2.09. The van der Waals surface area contributed by atoms with Crippen LogP contribution < -0.4 is 10.5 Å². The number of benzene rings is 2. The number of hydrogen-bond donors (Lipinski definition) is 1. The number of hydrogen-bond acceptors (Lipinski definition) is 3. The van der Waals surface area contributed by atoms with E-state index in [1.165, 1.54) is 16.0 Å². The van der Waals surface area contributed by atoms with Gasteiger partial charge in [0.05, 0.1) is 7.11 Å². The van der Waals surface area contributed by atoms with E-state index in [0.717, 1.165) is 17.2 Å². The molecule has 3 heteroatoms. The van der Waals surface area contributed by atoms with Crippen molar-refractivity contribution in [3.05, 3.63) is 53.6 Å². The van der Waals surface area contributed by atoms with E-state index in [-0.39, 0.29) is 0 Å². The van der Waals surface area contributed by atoms with Gasteiger partial charge in [0.2, 0.25) is 0 Å². The Morgan fingerprint density at radius 1 is 1.11 bits per heavy atom. The van der Waals surface area contributed by atoms with Gasteiger partial charge in [-0.2, -0.15) is 0 Å². The molecule has 0 saturated carbocycles. The minimum atomic E-state index is 0.821. The maximum atomic E-state index is 5.74. The number of ether oxygens (including phenoxy) is 1. The largest absolute Gasteiger partial charge is 0.497 e. The number of anilines is 1. The molecule has 0 amide bonds. The molecule has 2 nitrogen and oxygen atoms in total. The van der Waals surface area contributed by atoms with E-state index < -0.39 is 0 Å². The lowest BCUT2D eigenvalue weighted by Crippen LogP contribution is -1.88. The highest BCUT2D eigenvalue weighted by Gasteiger charge is 2.01. The summed E-state index contributed by atoms with van der Waals surface area (Å²) in [6.07, 6.45) is 0. The van der Waals surface area contributed by atoms with Crippen molar-refractivity contribution in [3.63, 3.8) is 0 Å². The normalized spacial score (nSPS) is 10.3. The van der Waals surface area contributed by atoms with Crippen molar-refractivity contribution in [1.29, 1.82) is 0 Å². The number of methoxy groups -OCH3 is 1. The minimum Gasteiger partial charge on any atom is -0.497 e. The number of nitrogen functional groups attached to an aromatic ring is 1. The summed E-state index contributed by atoms with van der Waals surface area (Å²) in [4.78, 5) is 1.28. The van der Waals surface area contributed by atoms with E-state index in [1.807, 2.05) is 36.0 Å². The second kappa shape index (κ2) is 5.83. The molecule has 2 rings (SSSR count). The Balaban J connectivity index is 2.02. The fourth-order valence-corrected chi connectivity index (χ4v) is 2.68. The van der Waals surface area contributed by atoms with Crippen LogP contribution in [0.4, 0.5) is 5.69 Å². The molecule has 0 saturated heterocycles. The smallest absolute Gasteiger partial charge is 0.118 e. The summed E-state index contributed by atoms with van der Waals surface area (Å²) in [7, 11) is 1.68. The van der Waals surface area contributed by atoms with Crippen LogP contribution >= 0.6 is 11.8 Å². The lowest BCUT2D eigenvalue weighted by atomic mass is 10.2. The van der Waals surface area contributed by atoms with Crippen LogP contribution in [0.15, 0.2) is 47.4 Å². The zero-order valence-electron chi connectivity index (χ0n) is 10.6. The van der Waals surface area contributed by atoms with Crippen molar-refractivity contribution >= 4 is 17.4 Å². The summed E-state index contributed by atoms with van der Waals surface area (Å²) >= 11 is 1.83. The highest BCUT2D eigenvalue weighted by atomic mass is 32.2. The van der Waals surface area contributed by atoms with Crippen molar-refractivity contribution in [2.45, 2.75) is 17.6 Å². The van der Waals surface area contributed by atoms with Crippen LogP contribution in [-0.4, -0.2) is 7.11 Å². The Morgan fingerprint density at radius 2 is 1.83 bits per heavy atom. The summed E-state index contributed by atoms with van der Waals surface area (Å²) < 4.78 is 5.14. The third-order valence-electron chi connectivity index (χ3n) is 2.75. The van der Waals surface area contributed by atoms with Gasteiger partial charge in [0.25, 0.3) is 0 Å². The van der Waals surface area contributed by atoms with Crippen LogP contribution in [0.25, 0.3) is 0 Å². The second-order valence-corrected chi connectivity index (χ2v) is 5.18. The van der Waals surface area contributed by atoms with E-state index in [0.29, 0.717) is 0 Å². The molecule has 2 aromatic rings. The van der Waals surface area contributed by atoms with Crippen molar-refractivity contribution < 1.29 is 4.74 Å². The molecule has 2 N–H and O–H groups in total. The Bertz CT molecular complexity index is 523. The van der Waals surface area contributed by atoms with Gasteiger partial charge in [-0.1, -0.05) is 12.1 Å². The Morgan fingerprint density at radius 3 is 2.44 bits per heavy atom. The van der Waals surface area contributed by atoms with Crippen LogP contribution in [0.2, 0.25) is 0 Å². The van der Waals surface area contributed by atoms with Gasteiger partial charge in [0, 0.05) is 16.3 Å². The third-order valence-corrected chi connectivity index (χ3v) is 4.00. The van der Waals surface area contributed by atoms with Gasteiger partial charge in [-0.05, 0) is 48.4 Å². The van der Waals surface area contributed by atoms with Gasteiger partial charge < -0.3 is 10.5 Å². The van der Waals surface area contributed by atoms with Crippen molar-refractivity contribution in [2.24, 2.45) is 0 Å². The second-order valence-electron chi connectivity index (χ2n) is 4.16. The molecule has 18 heavy (non-hydrogen) atoms. The highest BCUT2D eigenvalue weighted by Crippen LogP contribution is 2.27. The molecular weight excluding hydrogens is 242 g/mol. The molecule has 0 atom stereocenters. The fraction of sp³-hybridized carbons (Fsp3) is 0.200. The number of nitrogens with two attached hydrogens (primary N) is 1. The van der Waals surface area contributed by atoms with Crippen LogP contribution in [0, 0.1) is 6.92 Å². The average Bonchev–Trinajstić information content (AvgIpc) is 2.38. The quantitative estimate of drug-likeness (QED) is 0.668. The fourth-order valence-electron chi connectivity index (χ4n) is 1.72. The Labute approximate surface area is 112 Å². The molecule has 0 aliphatic rings. The van der Waals surface area contributed by atoms with E-state index in [9.17, 15) is 0 Å². The molecule has 0 bridgehead atoms. The summed E-state index contributed by atoms with van der Waals surface area (Å²) in [6, 6.07) is 14.2. The lowest BCUT2D eigenvalue weighted by Gasteiger charge is -2.07. The SMILES string of the molecule is COc1ccc(CSc2ccc(N)cc2C)cc1. The topological polar surface area (TPSA) is 35.2 Å².